The first-order valence-corrected chi connectivity index (χ1v) is 11.2. The maximum atomic E-state index is 13.3. The van der Waals surface area contributed by atoms with Crippen molar-refractivity contribution >= 4 is 22.2 Å². The van der Waals surface area contributed by atoms with Crippen molar-refractivity contribution in [1.29, 1.82) is 0 Å². The van der Waals surface area contributed by atoms with Crippen LogP contribution in [0.2, 0.25) is 0 Å². The zero-order valence-electron chi connectivity index (χ0n) is 17.1. The van der Waals surface area contributed by atoms with Crippen molar-refractivity contribution in [3.63, 3.8) is 0 Å². The molecule has 1 unspecified atom stereocenters. The quantitative estimate of drug-likeness (QED) is 0.330. The number of rotatable bonds is 11. The molecule has 8 nitrogen and oxygen atoms in total. The lowest BCUT2D eigenvalue weighted by Crippen LogP contribution is -2.41. The molecule has 0 heterocycles. The number of nitrogens with two attached hydrogens (primary N) is 1. The van der Waals surface area contributed by atoms with E-state index in [0.717, 1.165) is 17.4 Å². The fraction of sp³-hybridized carbons (Fsp3) is 0.333. The van der Waals surface area contributed by atoms with Crippen LogP contribution in [0.1, 0.15) is 27.9 Å². The maximum Gasteiger partial charge on any atom is 0.264 e. The van der Waals surface area contributed by atoms with Crippen LogP contribution in [0.25, 0.3) is 0 Å². The molecular formula is C21H27N3O5S. The van der Waals surface area contributed by atoms with E-state index in [1.165, 1.54) is 13.3 Å². The second-order valence-electron chi connectivity index (χ2n) is 6.64. The van der Waals surface area contributed by atoms with Gasteiger partial charge in [0.2, 0.25) is 0 Å². The number of amides is 1. The third-order valence-corrected chi connectivity index (χ3v) is 4.94. The van der Waals surface area contributed by atoms with E-state index in [0.29, 0.717) is 18.7 Å². The Kier molecular flexibility index (Phi) is 8.97. The largest absolute Gasteiger partial charge is 0.399 e. The Balaban J connectivity index is 2.33. The normalized spacial score (nSPS) is 12.6. The van der Waals surface area contributed by atoms with E-state index in [1.54, 1.807) is 29.2 Å². The fourth-order valence-corrected chi connectivity index (χ4v) is 3.23. The van der Waals surface area contributed by atoms with Crippen LogP contribution in [0.15, 0.2) is 59.8 Å². The van der Waals surface area contributed by atoms with E-state index >= 15 is 0 Å². The SMILES string of the molecule is CON=CC(CCOS(C)(=O)=O)N(Cc1ccccc1)C(=O)c1ccc(CN)cc1. The summed E-state index contributed by atoms with van der Waals surface area (Å²) in [7, 11) is -2.20. The highest BCUT2D eigenvalue weighted by Crippen LogP contribution is 2.16. The van der Waals surface area contributed by atoms with Crippen LogP contribution in [0.5, 0.6) is 0 Å². The number of oxime groups is 1. The average Bonchev–Trinajstić information content (AvgIpc) is 2.74. The Morgan fingerprint density at radius 3 is 2.37 bits per heavy atom. The molecule has 30 heavy (non-hydrogen) atoms. The first-order valence-electron chi connectivity index (χ1n) is 9.39. The number of nitrogens with zero attached hydrogens (tertiary/aromatic N) is 2. The Morgan fingerprint density at radius 1 is 1.13 bits per heavy atom. The van der Waals surface area contributed by atoms with Crippen LogP contribution in [0.4, 0.5) is 0 Å². The zero-order chi connectivity index (χ0) is 22.0. The molecular weight excluding hydrogens is 406 g/mol. The van der Waals surface area contributed by atoms with Crippen molar-refractivity contribution < 1.29 is 22.2 Å². The molecule has 162 valence electrons. The lowest BCUT2D eigenvalue weighted by atomic mass is 10.1. The third-order valence-electron chi connectivity index (χ3n) is 4.34. The summed E-state index contributed by atoms with van der Waals surface area (Å²) in [6.45, 7) is 0.593. The second-order valence-corrected chi connectivity index (χ2v) is 8.28. The van der Waals surface area contributed by atoms with Gasteiger partial charge in [-0.3, -0.25) is 8.98 Å². The van der Waals surface area contributed by atoms with Gasteiger partial charge in [0.1, 0.15) is 7.11 Å². The van der Waals surface area contributed by atoms with E-state index in [-0.39, 0.29) is 18.9 Å². The number of benzene rings is 2. The molecule has 0 aliphatic heterocycles. The van der Waals surface area contributed by atoms with Gasteiger partial charge >= 0.3 is 0 Å². The maximum absolute atomic E-state index is 13.3. The molecule has 0 aliphatic carbocycles. The van der Waals surface area contributed by atoms with Gasteiger partial charge in [0.15, 0.2) is 0 Å². The van der Waals surface area contributed by atoms with Crippen molar-refractivity contribution in [3.05, 3.63) is 71.3 Å². The highest BCUT2D eigenvalue weighted by molar-refractivity contribution is 7.85. The molecule has 1 amide bonds. The minimum atomic E-state index is -3.60. The van der Waals surface area contributed by atoms with E-state index in [2.05, 4.69) is 5.16 Å². The van der Waals surface area contributed by atoms with Crippen molar-refractivity contribution in [2.45, 2.75) is 25.6 Å². The Hall–Kier alpha value is -2.75. The number of hydrogen-bond donors (Lipinski definition) is 1. The molecule has 2 aromatic carbocycles. The van der Waals surface area contributed by atoms with E-state index in [1.807, 2.05) is 30.3 Å². The Morgan fingerprint density at radius 2 is 1.80 bits per heavy atom. The highest BCUT2D eigenvalue weighted by Gasteiger charge is 2.25. The number of carbonyl (C=O) groups excluding carboxylic acids is 1. The summed E-state index contributed by atoms with van der Waals surface area (Å²) in [4.78, 5) is 19.8. The van der Waals surface area contributed by atoms with Gasteiger partial charge in [-0.2, -0.15) is 8.42 Å². The summed E-state index contributed by atoms with van der Waals surface area (Å²) >= 11 is 0. The minimum absolute atomic E-state index is 0.0933. The fourth-order valence-electron chi connectivity index (χ4n) is 2.83. The van der Waals surface area contributed by atoms with Crippen molar-refractivity contribution in [3.8, 4) is 0 Å². The van der Waals surface area contributed by atoms with Crippen LogP contribution in [-0.4, -0.2) is 51.5 Å². The van der Waals surface area contributed by atoms with Crippen LogP contribution >= 0.6 is 0 Å². The van der Waals surface area contributed by atoms with Gasteiger partial charge in [0, 0.05) is 18.7 Å². The standard InChI is InChI=1S/C21H27N3O5S/c1-28-23-15-20(12-13-29-30(2,26)27)24(16-18-6-4-3-5-7-18)21(25)19-10-8-17(14-22)9-11-19/h3-11,15,20H,12-14,16,22H2,1-2H3. The van der Waals surface area contributed by atoms with Gasteiger partial charge in [-0.15, -0.1) is 0 Å². The monoisotopic (exact) mass is 433 g/mol. The Bertz CT molecular complexity index is 931. The average molecular weight is 434 g/mol. The van der Waals surface area contributed by atoms with E-state index in [4.69, 9.17) is 14.8 Å². The molecule has 2 N–H and O–H groups in total. The highest BCUT2D eigenvalue weighted by atomic mass is 32.2. The van der Waals surface area contributed by atoms with Crippen LogP contribution in [0, 0.1) is 0 Å². The first-order chi connectivity index (χ1) is 14.3. The summed E-state index contributed by atoms with van der Waals surface area (Å²) < 4.78 is 27.5. The zero-order valence-corrected chi connectivity index (χ0v) is 17.9. The number of carbonyl (C=O) groups is 1. The molecule has 0 bridgehead atoms. The van der Waals surface area contributed by atoms with Crippen LogP contribution in [-0.2, 0) is 32.2 Å². The van der Waals surface area contributed by atoms with Crippen LogP contribution < -0.4 is 5.73 Å². The smallest absolute Gasteiger partial charge is 0.264 e. The van der Waals surface area contributed by atoms with Gasteiger partial charge in [0.25, 0.3) is 16.0 Å². The molecule has 0 saturated carbocycles. The van der Waals surface area contributed by atoms with Crippen LogP contribution in [0.3, 0.4) is 0 Å². The molecule has 0 saturated heterocycles. The minimum Gasteiger partial charge on any atom is -0.399 e. The molecule has 0 spiro atoms. The molecule has 0 aliphatic rings. The van der Waals surface area contributed by atoms with Gasteiger partial charge in [-0.05, 0) is 29.7 Å². The summed E-state index contributed by atoms with van der Waals surface area (Å²) in [5, 5.41) is 3.81. The summed E-state index contributed by atoms with van der Waals surface area (Å²) in [6.07, 6.45) is 2.68. The third kappa shape index (κ3) is 7.58. The molecule has 0 fully saturated rings. The van der Waals surface area contributed by atoms with Crippen molar-refractivity contribution in [2.24, 2.45) is 10.9 Å². The van der Waals surface area contributed by atoms with Gasteiger partial charge in [0.05, 0.1) is 25.1 Å². The van der Waals surface area contributed by atoms with E-state index < -0.39 is 16.2 Å². The van der Waals surface area contributed by atoms with Gasteiger partial charge < -0.3 is 15.5 Å². The van der Waals surface area contributed by atoms with Crippen molar-refractivity contribution in [2.75, 3.05) is 20.0 Å². The lowest BCUT2D eigenvalue weighted by Gasteiger charge is -2.29. The summed E-state index contributed by atoms with van der Waals surface area (Å²) in [5.74, 6) is -0.227. The molecule has 9 heteroatoms. The molecule has 2 aromatic rings. The predicted molar refractivity (Wildman–Crippen MR) is 115 cm³/mol. The molecule has 0 aromatic heterocycles. The Labute approximate surface area is 177 Å². The first kappa shape index (κ1) is 23.5. The molecule has 0 radical (unpaired) electrons. The predicted octanol–water partition coefficient (Wildman–Crippen LogP) is 2.15. The van der Waals surface area contributed by atoms with Gasteiger partial charge in [-0.1, -0.05) is 47.6 Å². The number of hydrogen-bond acceptors (Lipinski definition) is 7. The van der Waals surface area contributed by atoms with Crippen molar-refractivity contribution in [1.82, 2.24) is 4.90 Å². The summed E-state index contributed by atoms with van der Waals surface area (Å²) in [5.41, 5.74) is 7.97. The molecule has 2 rings (SSSR count). The van der Waals surface area contributed by atoms with Gasteiger partial charge in [-0.25, -0.2) is 0 Å². The lowest BCUT2D eigenvalue weighted by molar-refractivity contribution is 0.0695. The molecule has 1 atom stereocenters. The summed E-state index contributed by atoms with van der Waals surface area (Å²) in [6, 6.07) is 16.0. The topological polar surface area (TPSA) is 111 Å². The van der Waals surface area contributed by atoms with E-state index in [9.17, 15) is 13.2 Å². The second kappa shape index (κ2) is 11.4.